The molecule has 3 heterocycles. The summed E-state index contributed by atoms with van der Waals surface area (Å²) in [4.78, 5) is 10.7. The van der Waals surface area contributed by atoms with Gasteiger partial charge in [0, 0.05) is 20.2 Å². The smallest absolute Gasteiger partial charge is 0.156 e. The Bertz CT molecular complexity index is 691. The predicted molar refractivity (Wildman–Crippen MR) is 80.4 cm³/mol. The van der Waals surface area contributed by atoms with Crippen LogP contribution in [0.2, 0.25) is 0 Å². The van der Waals surface area contributed by atoms with Crippen LogP contribution in [0.15, 0.2) is 18.2 Å². The molecule has 7 heteroatoms. The van der Waals surface area contributed by atoms with E-state index in [1.807, 2.05) is 31.0 Å². The summed E-state index contributed by atoms with van der Waals surface area (Å²) in [6, 6.07) is 7.48. The number of hydrogen-bond donors (Lipinski definition) is 1. The van der Waals surface area contributed by atoms with Crippen LogP contribution in [0, 0.1) is 18.3 Å². The summed E-state index contributed by atoms with van der Waals surface area (Å²) >= 11 is 0. The monoisotopic (exact) mass is 298 g/mol. The Morgan fingerprint density at radius 1 is 1.45 bits per heavy atom. The van der Waals surface area contributed by atoms with E-state index in [-0.39, 0.29) is 12.0 Å². The number of likely N-dealkylation sites (N-methyl/N-ethyl adjacent to an activating group) is 1. The lowest BCUT2D eigenvalue weighted by Crippen LogP contribution is -2.32. The molecule has 2 atom stereocenters. The molecular weight excluding hydrogens is 280 g/mol. The molecular formula is C15H18N6O. The van der Waals surface area contributed by atoms with Crippen molar-refractivity contribution in [2.45, 2.75) is 25.4 Å². The van der Waals surface area contributed by atoms with Crippen molar-refractivity contribution in [1.82, 2.24) is 20.2 Å². The van der Waals surface area contributed by atoms with Gasteiger partial charge in [0.05, 0.1) is 12.0 Å². The van der Waals surface area contributed by atoms with Gasteiger partial charge in [0.2, 0.25) is 0 Å². The molecule has 1 saturated heterocycles. The molecule has 1 aliphatic rings. The zero-order chi connectivity index (χ0) is 15.5. The van der Waals surface area contributed by atoms with Crippen molar-refractivity contribution in [2.75, 3.05) is 25.1 Å². The summed E-state index contributed by atoms with van der Waals surface area (Å²) in [5.74, 6) is 2.58. The summed E-state index contributed by atoms with van der Waals surface area (Å²) in [6.45, 7) is 3.29. The highest BCUT2D eigenvalue weighted by molar-refractivity contribution is 5.41. The van der Waals surface area contributed by atoms with Crippen LogP contribution in [-0.2, 0) is 4.74 Å². The lowest BCUT2D eigenvalue weighted by molar-refractivity contribution is 0.108. The second-order valence-corrected chi connectivity index (χ2v) is 5.46. The minimum absolute atomic E-state index is 0.0211. The number of H-pyrrole nitrogens is 1. The first-order valence-electron chi connectivity index (χ1n) is 7.26. The van der Waals surface area contributed by atoms with Crippen molar-refractivity contribution in [3.63, 3.8) is 0 Å². The third-order valence-electron chi connectivity index (χ3n) is 3.85. The third-order valence-corrected chi connectivity index (χ3v) is 3.85. The zero-order valence-corrected chi connectivity index (χ0v) is 12.7. The molecule has 3 rings (SSSR count). The average Bonchev–Trinajstić information content (AvgIpc) is 3.16. The molecule has 2 aromatic heterocycles. The molecule has 2 aromatic rings. The van der Waals surface area contributed by atoms with Gasteiger partial charge in [-0.3, -0.25) is 5.10 Å². The van der Waals surface area contributed by atoms with E-state index in [0.717, 1.165) is 23.9 Å². The van der Waals surface area contributed by atoms with Crippen molar-refractivity contribution < 1.29 is 4.74 Å². The van der Waals surface area contributed by atoms with Gasteiger partial charge in [-0.25, -0.2) is 9.97 Å². The standard InChI is InChI=1S/C15H18N6O/c1-10-17-15(20-19-10)12-6-7-22-13(12)9-21(2)14-5-3-4-11(8-16)18-14/h3-5,12-13H,6-7,9H2,1-2H3,(H,17,19,20)/t12-,13-/m1/s1. The fourth-order valence-electron chi connectivity index (χ4n) is 2.71. The van der Waals surface area contributed by atoms with Crippen molar-refractivity contribution in [2.24, 2.45) is 0 Å². The van der Waals surface area contributed by atoms with E-state index in [1.165, 1.54) is 0 Å². The van der Waals surface area contributed by atoms with Crippen molar-refractivity contribution >= 4 is 5.82 Å². The topological polar surface area (TPSA) is 90.7 Å². The molecule has 1 fully saturated rings. The summed E-state index contributed by atoms with van der Waals surface area (Å²) in [7, 11) is 1.95. The van der Waals surface area contributed by atoms with E-state index < -0.39 is 0 Å². The number of anilines is 1. The molecule has 7 nitrogen and oxygen atoms in total. The Labute approximate surface area is 129 Å². The lowest BCUT2D eigenvalue weighted by atomic mass is 10.0. The molecule has 0 spiro atoms. The first-order chi connectivity index (χ1) is 10.7. The van der Waals surface area contributed by atoms with Gasteiger partial charge < -0.3 is 9.64 Å². The molecule has 0 amide bonds. The van der Waals surface area contributed by atoms with E-state index in [1.54, 1.807) is 6.07 Å². The predicted octanol–water partition coefficient (Wildman–Crippen LogP) is 1.39. The highest BCUT2D eigenvalue weighted by atomic mass is 16.5. The van der Waals surface area contributed by atoms with Crippen LogP contribution in [-0.4, -0.2) is 46.5 Å². The van der Waals surface area contributed by atoms with Crippen LogP contribution >= 0.6 is 0 Å². The summed E-state index contributed by atoms with van der Waals surface area (Å²) in [6.07, 6.45) is 0.939. The minimum atomic E-state index is 0.0211. The van der Waals surface area contributed by atoms with E-state index in [2.05, 4.69) is 26.2 Å². The SMILES string of the molecule is Cc1nc([C@@H]2CCO[C@@H]2CN(C)c2cccc(C#N)n2)n[nH]1. The van der Waals surface area contributed by atoms with Crippen LogP contribution in [0.1, 0.15) is 29.7 Å². The van der Waals surface area contributed by atoms with Crippen LogP contribution in [0.3, 0.4) is 0 Å². The summed E-state index contributed by atoms with van der Waals surface area (Å²) in [5, 5.41) is 16.1. The van der Waals surface area contributed by atoms with Crippen molar-refractivity contribution in [3.8, 4) is 6.07 Å². The zero-order valence-electron chi connectivity index (χ0n) is 12.7. The Morgan fingerprint density at radius 2 is 2.32 bits per heavy atom. The number of nitriles is 1. The number of aromatic amines is 1. The number of aromatic nitrogens is 4. The van der Waals surface area contributed by atoms with E-state index in [9.17, 15) is 0 Å². The Morgan fingerprint density at radius 3 is 3.05 bits per heavy atom. The number of nitrogens with zero attached hydrogens (tertiary/aromatic N) is 5. The lowest BCUT2D eigenvalue weighted by Gasteiger charge is -2.24. The molecule has 114 valence electrons. The molecule has 1 aliphatic heterocycles. The van der Waals surface area contributed by atoms with Gasteiger partial charge in [-0.15, -0.1) is 0 Å². The second-order valence-electron chi connectivity index (χ2n) is 5.46. The normalized spacial score (nSPS) is 20.8. The largest absolute Gasteiger partial charge is 0.376 e. The number of hydrogen-bond acceptors (Lipinski definition) is 6. The van der Waals surface area contributed by atoms with Crippen molar-refractivity contribution in [1.29, 1.82) is 5.26 Å². The number of ether oxygens (including phenoxy) is 1. The van der Waals surface area contributed by atoms with Crippen LogP contribution in [0.25, 0.3) is 0 Å². The fraction of sp³-hybridized carbons (Fsp3) is 0.467. The number of rotatable bonds is 4. The van der Waals surface area contributed by atoms with E-state index >= 15 is 0 Å². The molecule has 1 N–H and O–H groups in total. The third kappa shape index (κ3) is 2.92. The highest BCUT2D eigenvalue weighted by Gasteiger charge is 2.33. The maximum Gasteiger partial charge on any atom is 0.156 e. The highest BCUT2D eigenvalue weighted by Crippen LogP contribution is 2.30. The van der Waals surface area contributed by atoms with Gasteiger partial charge in [0.15, 0.2) is 5.82 Å². The maximum absolute atomic E-state index is 8.95. The fourth-order valence-corrected chi connectivity index (χ4v) is 2.71. The number of aryl methyl sites for hydroxylation is 1. The van der Waals surface area contributed by atoms with Crippen molar-refractivity contribution in [3.05, 3.63) is 35.5 Å². The average molecular weight is 298 g/mol. The van der Waals surface area contributed by atoms with Gasteiger partial charge in [-0.2, -0.15) is 10.4 Å². The van der Waals surface area contributed by atoms with Gasteiger partial charge in [0.25, 0.3) is 0 Å². The van der Waals surface area contributed by atoms with Gasteiger partial charge in [-0.1, -0.05) is 6.07 Å². The molecule has 0 bridgehead atoms. The first-order valence-corrected chi connectivity index (χ1v) is 7.26. The Kier molecular flexibility index (Phi) is 4.02. The summed E-state index contributed by atoms with van der Waals surface area (Å²) in [5.41, 5.74) is 0.415. The summed E-state index contributed by atoms with van der Waals surface area (Å²) < 4.78 is 5.85. The second kappa shape index (κ2) is 6.12. The van der Waals surface area contributed by atoms with Crippen LogP contribution < -0.4 is 4.90 Å². The molecule has 22 heavy (non-hydrogen) atoms. The van der Waals surface area contributed by atoms with E-state index in [0.29, 0.717) is 18.8 Å². The maximum atomic E-state index is 8.95. The molecule has 0 aromatic carbocycles. The quantitative estimate of drug-likeness (QED) is 0.917. The van der Waals surface area contributed by atoms with Gasteiger partial charge >= 0.3 is 0 Å². The molecule has 0 radical (unpaired) electrons. The Hall–Kier alpha value is -2.46. The number of pyridine rings is 1. The number of nitrogens with one attached hydrogen (secondary N) is 1. The van der Waals surface area contributed by atoms with Gasteiger partial charge in [-0.05, 0) is 25.5 Å². The first kappa shape index (κ1) is 14.5. The van der Waals surface area contributed by atoms with E-state index in [4.69, 9.17) is 10.00 Å². The minimum Gasteiger partial charge on any atom is -0.376 e. The van der Waals surface area contributed by atoms with Gasteiger partial charge in [0.1, 0.15) is 23.4 Å². The van der Waals surface area contributed by atoms with Crippen LogP contribution in [0.4, 0.5) is 5.82 Å². The molecule has 0 saturated carbocycles. The molecule has 0 unspecified atom stereocenters. The Balaban J connectivity index is 1.72. The molecule has 0 aliphatic carbocycles. The van der Waals surface area contributed by atoms with Crippen LogP contribution in [0.5, 0.6) is 0 Å².